The molecule has 2 N–H and O–H groups in total. The molecule has 0 saturated carbocycles. The highest BCUT2D eigenvalue weighted by Crippen LogP contribution is 2.46. The van der Waals surface area contributed by atoms with Gasteiger partial charge >= 0.3 is 7.75 Å². The third kappa shape index (κ3) is 6.43. The summed E-state index contributed by atoms with van der Waals surface area (Å²) in [5.41, 5.74) is 0. The van der Waals surface area contributed by atoms with Crippen LogP contribution in [0.4, 0.5) is 5.82 Å². The Morgan fingerprint density at radius 1 is 1.25 bits per heavy atom. The van der Waals surface area contributed by atoms with Crippen molar-refractivity contribution in [2.24, 2.45) is 0 Å². The average molecular weight is 317 g/mol. The van der Waals surface area contributed by atoms with Crippen molar-refractivity contribution in [2.45, 2.75) is 39.9 Å². The fourth-order valence-electron chi connectivity index (χ4n) is 1.34. The molecule has 0 saturated heterocycles. The minimum atomic E-state index is -3.51. The second kappa shape index (κ2) is 7.69. The van der Waals surface area contributed by atoms with Crippen molar-refractivity contribution in [3.63, 3.8) is 0 Å². The number of rotatable bonds is 6. The first-order valence-electron chi connectivity index (χ1n) is 6.28. The number of aromatic nitrogens is 1. The molecular weight excluding hydrogens is 297 g/mol. The van der Waals surface area contributed by atoms with Crippen molar-refractivity contribution in [3.8, 4) is 0 Å². The Morgan fingerprint density at radius 3 is 2.30 bits per heavy atom. The van der Waals surface area contributed by atoms with Gasteiger partial charge in [-0.15, -0.1) is 0 Å². The Balaban J connectivity index is 2.69. The van der Waals surface area contributed by atoms with E-state index >= 15 is 0 Å². The van der Waals surface area contributed by atoms with Gasteiger partial charge in [0.2, 0.25) is 0 Å². The summed E-state index contributed by atoms with van der Waals surface area (Å²) in [6, 6.07) is 5.34. The van der Waals surface area contributed by atoms with Crippen LogP contribution in [0.5, 0.6) is 0 Å². The van der Waals surface area contributed by atoms with Crippen molar-refractivity contribution in [2.75, 3.05) is 5.32 Å². The molecule has 20 heavy (non-hydrogen) atoms. The highest BCUT2D eigenvalue weighted by atomic mass is 32.1. The number of hydrogen-bond acceptors (Lipinski definition) is 5. The Hall–Kier alpha value is -1.01. The summed E-state index contributed by atoms with van der Waals surface area (Å²) in [6.07, 6.45) is 1.11. The molecule has 1 aromatic heterocycles. The highest BCUT2D eigenvalue weighted by molar-refractivity contribution is 7.81. The average Bonchev–Trinajstić information content (AvgIpc) is 2.26. The minimum Gasteiger partial charge on any atom is -0.317 e. The molecule has 1 aromatic rings. The number of hydrogen-bond donors (Lipinski definition) is 2. The molecule has 0 unspecified atom stereocenters. The van der Waals surface area contributed by atoms with E-state index in [0.29, 0.717) is 5.82 Å². The number of pyridine rings is 1. The van der Waals surface area contributed by atoms with E-state index < -0.39 is 7.75 Å². The lowest BCUT2D eigenvalue weighted by atomic mass is 10.5. The number of thiocarbonyl (C=S) groups is 1. The molecule has 0 aliphatic rings. The molecule has 0 aromatic carbocycles. The van der Waals surface area contributed by atoms with Crippen molar-refractivity contribution in [1.82, 2.24) is 10.1 Å². The van der Waals surface area contributed by atoms with Gasteiger partial charge < -0.3 is 5.32 Å². The van der Waals surface area contributed by atoms with E-state index in [4.69, 9.17) is 21.3 Å². The predicted octanol–water partition coefficient (Wildman–Crippen LogP) is 3.33. The SMILES string of the molecule is CC(C)OP(=O)(NC(=S)Nc1ccccn1)OC(C)C. The Morgan fingerprint density at radius 2 is 1.85 bits per heavy atom. The molecule has 0 aliphatic heterocycles. The van der Waals surface area contributed by atoms with Crippen LogP contribution in [0, 0.1) is 0 Å². The van der Waals surface area contributed by atoms with E-state index in [-0.39, 0.29) is 17.3 Å². The van der Waals surface area contributed by atoms with Gasteiger partial charge in [-0.05, 0) is 52.0 Å². The molecule has 0 aliphatic carbocycles. The van der Waals surface area contributed by atoms with Crippen LogP contribution in [0.15, 0.2) is 24.4 Å². The summed E-state index contributed by atoms with van der Waals surface area (Å²) in [5.74, 6) is 0.547. The second-order valence-corrected chi connectivity index (χ2v) is 6.64. The van der Waals surface area contributed by atoms with E-state index in [1.165, 1.54) is 0 Å². The molecule has 0 bridgehead atoms. The molecule has 0 amide bonds. The second-order valence-electron chi connectivity index (χ2n) is 4.59. The standard InChI is InChI=1S/C12H20N3O3PS/c1-9(2)17-19(16,18-10(3)4)15-12(20)14-11-7-5-6-8-13-11/h5-10H,1-4H3,(H2,13,14,15,16,20). The summed E-state index contributed by atoms with van der Waals surface area (Å²) >= 11 is 5.10. The van der Waals surface area contributed by atoms with E-state index in [1.807, 2.05) is 6.07 Å². The maximum Gasteiger partial charge on any atom is 0.434 e. The van der Waals surface area contributed by atoms with E-state index in [1.54, 1.807) is 46.0 Å². The van der Waals surface area contributed by atoms with Crippen LogP contribution < -0.4 is 10.4 Å². The molecule has 0 atom stereocenters. The molecule has 8 heteroatoms. The van der Waals surface area contributed by atoms with E-state index in [9.17, 15) is 4.57 Å². The van der Waals surface area contributed by atoms with Crippen LogP contribution >= 0.6 is 20.0 Å². The molecule has 0 fully saturated rings. The van der Waals surface area contributed by atoms with Crippen LogP contribution in [-0.4, -0.2) is 22.3 Å². The molecule has 1 rings (SSSR count). The first-order chi connectivity index (χ1) is 9.31. The molecular formula is C12H20N3O3PS. The quantitative estimate of drug-likeness (QED) is 0.616. The van der Waals surface area contributed by atoms with Gasteiger partial charge in [0, 0.05) is 6.20 Å². The van der Waals surface area contributed by atoms with Gasteiger partial charge in [0.05, 0.1) is 12.2 Å². The summed E-state index contributed by atoms with van der Waals surface area (Å²) in [7, 11) is -3.51. The molecule has 6 nitrogen and oxygen atoms in total. The zero-order chi connectivity index (χ0) is 15.2. The summed E-state index contributed by atoms with van der Waals surface area (Å²) in [5, 5.41) is 5.55. The van der Waals surface area contributed by atoms with E-state index in [0.717, 1.165) is 0 Å². The lowest BCUT2D eigenvalue weighted by molar-refractivity contribution is 0.139. The van der Waals surface area contributed by atoms with Crippen molar-refractivity contribution < 1.29 is 13.6 Å². The van der Waals surface area contributed by atoms with Gasteiger partial charge in [-0.1, -0.05) is 6.07 Å². The maximum atomic E-state index is 12.5. The zero-order valence-electron chi connectivity index (χ0n) is 12.0. The molecule has 112 valence electrons. The largest absolute Gasteiger partial charge is 0.434 e. The first kappa shape index (κ1) is 17.0. The predicted molar refractivity (Wildman–Crippen MR) is 83.6 cm³/mol. The zero-order valence-corrected chi connectivity index (χ0v) is 13.7. The highest BCUT2D eigenvalue weighted by Gasteiger charge is 2.29. The monoisotopic (exact) mass is 317 g/mol. The lowest BCUT2D eigenvalue weighted by Gasteiger charge is -2.24. The molecule has 0 spiro atoms. The topological polar surface area (TPSA) is 72.5 Å². The third-order valence-electron chi connectivity index (χ3n) is 1.84. The van der Waals surface area contributed by atoms with Gasteiger partial charge in [0.25, 0.3) is 0 Å². The van der Waals surface area contributed by atoms with Crippen LogP contribution in [0.1, 0.15) is 27.7 Å². The minimum absolute atomic E-state index is 0.133. The molecule has 1 heterocycles. The number of anilines is 1. The fourth-order valence-corrected chi connectivity index (χ4v) is 3.35. The van der Waals surface area contributed by atoms with Gasteiger partial charge in [-0.2, -0.15) is 0 Å². The van der Waals surface area contributed by atoms with Crippen molar-refractivity contribution in [1.29, 1.82) is 0 Å². The normalized spacial score (nSPS) is 11.7. The first-order valence-corrected chi connectivity index (χ1v) is 8.23. The van der Waals surface area contributed by atoms with Crippen LogP contribution in [-0.2, 0) is 13.6 Å². The van der Waals surface area contributed by atoms with Gasteiger partial charge in [-0.3, -0.25) is 14.1 Å². The number of nitrogens with zero attached hydrogens (tertiary/aromatic N) is 1. The van der Waals surface area contributed by atoms with Crippen LogP contribution in [0.25, 0.3) is 0 Å². The van der Waals surface area contributed by atoms with Crippen molar-refractivity contribution >= 4 is 30.9 Å². The smallest absolute Gasteiger partial charge is 0.317 e. The molecule has 0 radical (unpaired) electrons. The van der Waals surface area contributed by atoms with Crippen LogP contribution in [0.3, 0.4) is 0 Å². The van der Waals surface area contributed by atoms with Gasteiger partial charge in [0.1, 0.15) is 5.82 Å². The third-order valence-corrected chi connectivity index (χ3v) is 4.10. The fraction of sp³-hybridized carbons (Fsp3) is 0.500. The summed E-state index contributed by atoms with van der Waals surface area (Å²) in [6.45, 7) is 7.08. The number of nitrogens with one attached hydrogen (secondary N) is 2. The Labute approximate surface area is 124 Å². The Kier molecular flexibility index (Phi) is 6.55. The summed E-state index contributed by atoms with van der Waals surface area (Å²) < 4.78 is 23.2. The lowest BCUT2D eigenvalue weighted by Crippen LogP contribution is -2.29. The van der Waals surface area contributed by atoms with Crippen molar-refractivity contribution in [3.05, 3.63) is 24.4 Å². The van der Waals surface area contributed by atoms with E-state index in [2.05, 4.69) is 15.4 Å². The summed E-state index contributed by atoms with van der Waals surface area (Å²) in [4.78, 5) is 4.06. The Bertz CT molecular complexity index is 468. The van der Waals surface area contributed by atoms with Gasteiger partial charge in [0.15, 0.2) is 5.11 Å². The van der Waals surface area contributed by atoms with Crippen LogP contribution in [0.2, 0.25) is 0 Å². The maximum absolute atomic E-state index is 12.5. The van der Waals surface area contributed by atoms with Gasteiger partial charge in [-0.25, -0.2) is 9.55 Å².